The Balaban J connectivity index is 2.02. The standard InChI is InChI=1S/C12H21NO3/c1-9(11(14)15)13-7-6-12(16)5-3-2-4-10(12)8-13/h9-10,16H,2-8H2,1H3,(H,14,15). The number of rotatable bonds is 2. The molecular formula is C12H21NO3. The molecule has 3 atom stereocenters. The van der Waals surface area contributed by atoms with Crippen LogP contribution in [0.1, 0.15) is 39.0 Å². The van der Waals surface area contributed by atoms with Gasteiger partial charge < -0.3 is 10.2 Å². The molecule has 2 aliphatic rings. The van der Waals surface area contributed by atoms with E-state index in [9.17, 15) is 9.90 Å². The highest BCUT2D eigenvalue weighted by Crippen LogP contribution is 2.40. The number of likely N-dealkylation sites (tertiary alicyclic amines) is 1. The number of hydrogen-bond acceptors (Lipinski definition) is 3. The maximum absolute atomic E-state index is 10.9. The molecule has 0 spiro atoms. The normalized spacial score (nSPS) is 37.8. The maximum atomic E-state index is 10.9. The van der Waals surface area contributed by atoms with Gasteiger partial charge in [0.1, 0.15) is 6.04 Å². The molecule has 1 aliphatic carbocycles. The lowest BCUT2D eigenvalue weighted by atomic mass is 9.71. The highest BCUT2D eigenvalue weighted by Gasteiger charge is 2.44. The Kier molecular flexibility index (Phi) is 3.22. The van der Waals surface area contributed by atoms with Crippen molar-refractivity contribution in [3.8, 4) is 0 Å². The number of carboxylic acid groups (broad SMARTS) is 1. The summed E-state index contributed by atoms with van der Waals surface area (Å²) in [5.74, 6) is -0.488. The highest BCUT2D eigenvalue weighted by atomic mass is 16.4. The summed E-state index contributed by atoms with van der Waals surface area (Å²) in [6.45, 7) is 3.18. The van der Waals surface area contributed by atoms with Gasteiger partial charge in [0.2, 0.25) is 0 Å². The van der Waals surface area contributed by atoms with E-state index < -0.39 is 17.6 Å². The highest BCUT2D eigenvalue weighted by molar-refractivity contribution is 5.72. The van der Waals surface area contributed by atoms with Crippen molar-refractivity contribution in [2.45, 2.75) is 50.7 Å². The van der Waals surface area contributed by atoms with E-state index in [1.54, 1.807) is 6.92 Å². The van der Waals surface area contributed by atoms with Crippen LogP contribution in [0, 0.1) is 5.92 Å². The van der Waals surface area contributed by atoms with Crippen molar-refractivity contribution in [1.82, 2.24) is 4.90 Å². The first-order chi connectivity index (χ1) is 7.53. The van der Waals surface area contributed by atoms with Gasteiger partial charge in [-0.25, -0.2) is 0 Å². The van der Waals surface area contributed by atoms with Gasteiger partial charge in [-0.2, -0.15) is 0 Å². The van der Waals surface area contributed by atoms with E-state index in [2.05, 4.69) is 0 Å². The van der Waals surface area contributed by atoms with Crippen molar-refractivity contribution in [3.05, 3.63) is 0 Å². The second-order valence-electron chi connectivity index (χ2n) is 5.31. The van der Waals surface area contributed by atoms with Gasteiger partial charge >= 0.3 is 5.97 Å². The number of carboxylic acids is 1. The van der Waals surface area contributed by atoms with Crippen molar-refractivity contribution in [2.24, 2.45) is 5.92 Å². The summed E-state index contributed by atoms with van der Waals surface area (Å²) < 4.78 is 0. The fourth-order valence-corrected chi connectivity index (χ4v) is 3.10. The van der Waals surface area contributed by atoms with Gasteiger partial charge in [-0.05, 0) is 26.2 Å². The molecule has 0 amide bonds. The second kappa shape index (κ2) is 4.34. The lowest BCUT2D eigenvalue weighted by Gasteiger charge is -2.48. The minimum Gasteiger partial charge on any atom is -0.480 e. The van der Waals surface area contributed by atoms with E-state index in [1.165, 1.54) is 6.42 Å². The number of aliphatic hydroxyl groups is 1. The summed E-state index contributed by atoms with van der Waals surface area (Å²) in [6.07, 6.45) is 4.95. The van der Waals surface area contributed by atoms with Crippen molar-refractivity contribution >= 4 is 5.97 Å². The lowest BCUT2D eigenvalue weighted by Crippen LogP contribution is -2.56. The third-order valence-electron chi connectivity index (χ3n) is 4.36. The zero-order valence-electron chi connectivity index (χ0n) is 9.85. The topological polar surface area (TPSA) is 60.8 Å². The molecule has 2 N–H and O–H groups in total. The molecule has 16 heavy (non-hydrogen) atoms. The summed E-state index contributed by atoms with van der Waals surface area (Å²) >= 11 is 0. The molecule has 0 aromatic rings. The molecule has 0 radical (unpaired) electrons. The summed E-state index contributed by atoms with van der Waals surface area (Å²) in [7, 11) is 0. The fourth-order valence-electron chi connectivity index (χ4n) is 3.10. The van der Waals surface area contributed by atoms with E-state index >= 15 is 0 Å². The van der Waals surface area contributed by atoms with E-state index in [1.807, 2.05) is 4.90 Å². The van der Waals surface area contributed by atoms with E-state index in [0.29, 0.717) is 6.54 Å². The molecule has 4 heteroatoms. The number of aliphatic carboxylic acids is 1. The van der Waals surface area contributed by atoms with Crippen LogP contribution < -0.4 is 0 Å². The average molecular weight is 227 g/mol. The van der Waals surface area contributed by atoms with Gasteiger partial charge in [0.05, 0.1) is 5.60 Å². The van der Waals surface area contributed by atoms with Crippen molar-refractivity contribution in [2.75, 3.05) is 13.1 Å². The van der Waals surface area contributed by atoms with Crippen LogP contribution in [0.15, 0.2) is 0 Å². The Labute approximate surface area is 96.3 Å². The Morgan fingerprint density at radius 2 is 2.19 bits per heavy atom. The molecular weight excluding hydrogens is 206 g/mol. The first-order valence-electron chi connectivity index (χ1n) is 6.22. The zero-order chi connectivity index (χ0) is 11.8. The molecule has 1 saturated heterocycles. The molecule has 92 valence electrons. The van der Waals surface area contributed by atoms with Crippen LogP contribution in [0.3, 0.4) is 0 Å². The molecule has 1 aliphatic heterocycles. The molecule has 0 aromatic heterocycles. The summed E-state index contributed by atoms with van der Waals surface area (Å²) in [4.78, 5) is 12.9. The van der Waals surface area contributed by atoms with Crippen LogP contribution in [0.4, 0.5) is 0 Å². The van der Waals surface area contributed by atoms with Gasteiger partial charge in [0, 0.05) is 19.0 Å². The predicted octanol–water partition coefficient (Wildman–Crippen LogP) is 1.09. The first kappa shape index (κ1) is 11.9. The lowest BCUT2D eigenvalue weighted by molar-refractivity contribution is -0.148. The summed E-state index contributed by atoms with van der Waals surface area (Å²) in [5.41, 5.74) is -0.507. The van der Waals surface area contributed by atoms with Gasteiger partial charge in [-0.15, -0.1) is 0 Å². The number of fused-ring (bicyclic) bond motifs is 1. The van der Waals surface area contributed by atoms with Crippen LogP contribution in [0.25, 0.3) is 0 Å². The molecule has 3 unspecified atom stereocenters. The Hall–Kier alpha value is -0.610. The molecule has 2 rings (SSSR count). The monoisotopic (exact) mass is 227 g/mol. The molecule has 4 nitrogen and oxygen atoms in total. The van der Waals surface area contributed by atoms with Crippen LogP contribution >= 0.6 is 0 Å². The minimum atomic E-state index is -0.763. The molecule has 1 saturated carbocycles. The van der Waals surface area contributed by atoms with E-state index in [-0.39, 0.29) is 5.92 Å². The molecule has 2 fully saturated rings. The van der Waals surface area contributed by atoms with Gasteiger partial charge in [-0.1, -0.05) is 12.8 Å². The van der Waals surface area contributed by atoms with Crippen molar-refractivity contribution in [1.29, 1.82) is 0 Å². The Bertz CT molecular complexity index is 281. The van der Waals surface area contributed by atoms with E-state index in [4.69, 9.17) is 5.11 Å². The van der Waals surface area contributed by atoms with Crippen molar-refractivity contribution < 1.29 is 15.0 Å². The Morgan fingerprint density at radius 3 is 2.88 bits per heavy atom. The van der Waals surface area contributed by atoms with Crippen LogP contribution in [-0.4, -0.2) is 45.8 Å². The van der Waals surface area contributed by atoms with Gasteiger partial charge in [0.25, 0.3) is 0 Å². The molecule has 0 aromatic carbocycles. The minimum absolute atomic E-state index is 0.275. The SMILES string of the molecule is CC(C(=O)O)N1CCC2(O)CCCCC2C1. The van der Waals surface area contributed by atoms with Crippen LogP contribution in [-0.2, 0) is 4.79 Å². The first-order valence-corrected chi connectivity index (χ1v) is 6.22. The smallest absolute Gasteiger partial charge is 0.320 e. The number of carbonyl (C=O) groups is 1. The quantitative estimate of drug-likeness (QED) is 0.741. The fraction of sp³-hybridized carbons (Fsp3) is 0.917. The largest absolute Gasteiger partial charge is 0.480 e. The zero-order valence-corrected chi connectivity index (χ0v) is 9.85. The van der Waals surface area contributed by atoms with Gasteiger partial charge in [0.15, 0.2) is 0 Å². The second-order valence-corrected chi connectivity index (χ2v) is 5.31. The van der Waals surface area contributed by atoms with Gasteiger partial charge in [-0.3, -0.25) is 9.69 Å². The molecule has 1 heterocycles. The summed E-state index contributed by atoms with van der Waals surface area (Å²) in [5, 5.41) is 19.4. The Morgan fingerprint density at radius 1 is 1.44 bits per heavy atom. The molecule has 0 bridgehead atoms. The van der Waals surface area contributed by atoms with Crippen LogP contribution in [0.2, 0.25) is 0 Å². The third-order valence-corrected chi connectivity index (χ3v) is 4.36. The summed E-state index contributed by atoms with van der Waals surface area (Å²) in [6, 6.07) is -0.425. The number of piperidine rings is 1. The van der Waals surface area contributed by atoms with Crippen LogP contribution in [0.5, 0.6) is 0 Å². The number of hydrogen-bond donors (Lipinski definition) is 2. The van der Waals surface area contributed by atoms with E-state index in [0.717, 1.165) is 32.2 Å². The predicted molar refractivity (Wildman–Crippen MR) is 60.2 cm³/mol. The third kappa shape index (κ3) is 2.09. The average Bonchev–Trinajstić information content (AvgIpc) is 2.26. The number of nitrogens with zero attached hydrogens (tertiary/aromatic N) is 1. The van der Waals surface area contributed by atoms with Crippen molar-refractivity contribution in [3.63, 3.8) is 0 Å². The maximum Gasteiger partial charge on any atom is 0.320 e.